The summed E-state index contributed by atoms with van der Waals surface area (Å²) in [5, 5.41) is 2.75. The number of hydrogen-bond donors (Lipinski definition) is 1. The maximum absolute atomic E-state index is 12.0. The molecule has 0 unspecified atom stereocenters. The van der Waals surface area contributed by atoms with Crippen molar-refractivity contribution in [2.24, 2.45) is 0 Å². The zero-order chi connectivity index (χ0) is 16.8. The van der Waals surface area contributed by atoms with Crippen LogP contribution in [0.2, 0.25) is 0 Å². The number of aldehydes is 1. The average molecular weight is 378 g/mol. The van der Waals surface area contributed by atoms with Crippen LogP contribution in [0, 0.1) is 6.92 Å². The summed E-state index contributed by atoms with van der Waals surface area (Å²) >= 11 is 3.41. The van der Waals surface area contributed by atoms with Gasteiger partial charge in [-0.15, -0.1) is 0 Å². The maximum Gasteiger partial charge on any atom is 0.262 e. The Balaban J connectivity index is 2.01. The second-order valence-corrected chi connectivity index (χ2v) is 5.68. The number of nitrogens with one attached hydrogen (secondary N) is 1. The van der Waals surface area contributed by atoms with E-state index in [9.17, 15) is 9.59 Å². The van der Waals surface area contributed by atoms with Crippen molar-refractivity contribution < 1.29 is 19.1 Å². The third-order valence-corrected chi connectivity index (χ3v) is 4.01. The minimum absolute atomic E-state index is 0.187. The first kappa shape index (κ1) is 17.0. The van der Waals surface area contributed by atoms with E-state index in [4.69, 9.17) is 9.47 Å². The standard InChI is InChI=1S/C17H16BrNO4/c1-11-7-13(4-5-14(11)18)19-17(21)10-23-16-8-12(9-20)3-6-15(16)22-2/h3-9H,10H2,1-2H3,(H,19,21). The number of hydrogen-bond acceptors (Lipinski definition) is 4. The van der Waals surface area contributed by atoms with Crippen LogP contribution in [-0.2, 0) is 4.79 Å². The van der Waals surface area contributed by atoms with E-state index in [0.29, 0.717) is 29.0 Å². The smallest absolute Gasteiger partial charge is 0.262 e. The maximum atomic E-state index is 12.0. The average Bonchev–Trinajstić information content (AvgIpc) is 2.56. The van der Waals surface area contributed by atoms with Gasteiger partial charge in [-0.25, -0.2) is 0 Å². The third kappa shape index (κ3) is 4.56. The molecule has 0 saturated carbocycles. The van der Waals surface area contributed by atoms with Gasteiger partial charge >= 0.3 is 0 Å². The van der Waals surface area contributed by atoms with E-state index in [-0.39, 0.29) is 12.5 Å². The van der Waals surface area contributed by atoms with Crippen LogP contribution in [-0.4, -0.2) is 25.9 Å². The van der Waals surface area contributed by atoms with Crippen LogP contribution >= 0.6 is 15.9 Å². The monoisotopic (exact) mass is 377 g/mol. The van der Waals surface area contributed by atoms with Crippen molar-refractivity contribution in [3.05, 3.63) is 52.0 Å². The Morgan fingerprint density at radius 2 is 2.00 bits per heavy atom. The summed E-state index contributed by atoms with van der Waals surface area (Å²) in [7, 11) is 1.49. The Hall–Kier alpha value is -2.34. The molecule has 0 bridgehead atoms. The third-order valence-electron chi connectivity index (χ3n) is 3.12. The van der Waals surface area contributed by atoms with Crippen LogP contribution in [0.25, 0.3) is 0 Å². The SMILES string of the molecule is COc1ccc(C=O)cc1OCC(=O)Nc1ccc(Br)c(C)c1. The Morgan fingerprint density at radius 1 is 1.22 bits per heavy atom. The lowest BCUT2D eigenvalue weighted by atomic mass is 10.2. The van der Waals surface area contributed by atoms with Gasteiger partial charge in [-0.05, 0) is 48.9 Å². The van der Waals surface area contributed by atoms with Gasteiger partial charge in [-0.2, -0.15) is 0 Å². The fraction of sp³-hybridized carbons (Fsp3) is 0.176. The second-order valence-electron chi connectivity index (χ2n) is 4.83. The molecule has 1 N–H and O–H groups in total. The summed E-state index contributed by atoms with van der Waals surface area (Å²) in [5.41, 5.74) is 2.15. The van der Waals surface area contributed by atoms with Gasteiger partial charge in [0.05, 0.1) is 7.11 Å². The lowest BCUT2D eigenvalue weighted by molar-refractivity contribution is -0.118. The number of anilines is 1. The number of halogens is 1. The molecule has 5 nitrogen and oxygen atoms in total. The van der Waals surface area contributed by atoms with E-state index in [1.807, 2.05) is 19.1 Å². The normalized spacial score (nSPS) is 10.0. The Morgan fingerprint density at radius 3 is 2.65 bits per heavy atom. The first-order valence-electron chi connectivity index (χ1n) is 6.85. The molecule has 0 aliphatic heterocycles. The predicted octanol–water partition coefficient (Wildman–Crippen LogP) is 3.60. The summed E-state index contributed by atoms with van der Waals surface area (Å²) in [6.45, 7) is 1.75. The molecule has 0 aromatic heterocycles. The first-order valence-corrected chi connectivity index (χ1v) is 7.65. The van der Waals surface area contributed by atoms with E-state index < -0.39 is 0 Å². The van der Waals surface area contributed by atoms with Crippen molar-refractivity contribution in [2.75, 3.05) is 19.0 Å². The number of carbonyl (C=O) groups is 2. The van der Waals surface area contributed by atoms with Gasteiger partial charge in [0.2, 0.25) is 0 Å². The number of amides is 1. The quantitative estimate of drug-likeness (QED) is 0.781. The molecule has 0 spiro atoms. The minimum Gasteiger partial charge on any atom is -0.493 e. The summed E-state index contributed by atoms with van der Waals surface area (Å²) in [6.07, 6.45) is 0.705. The number of benzene rings is 2. The van der Waals surface area contributed by atoms with Crippen molar-refractivity contribution in [3.8, 4) is 11.5 Å². The zero-order valence-electron chi connectivity index (χ0n) is 12.8. The van der Waals surface area contributed by atoms with Crippen LogP contribution < -0.4 is 14.8 Å². The topological polar surface area (TPSA) is 64.6 Å². The van der Waals surface area contributed by atoms with Gasteiger partial charge in [0.15, 0.2) is 18.1 Å². The molecule has 1 amide bonds. The van der Waals surface area contributed by atoms with Gasteiger partial charge < -0.3 is 14.8 Å². The highest BCUT2D eigenvalue weighted by molar-refractivity contribution is 9.10. The number of carbonyl (C=O) groups excluding carboxylic acids is 2. The van der Waals surface area contributed by atoms with E-state index >= 15 is 0 Å². The van der Waals surface area contributed by atoms with Crippen molar-refractivity contribution in [1.29, 1.82) is 0 Å². The van der Waals surface area contributed by atoms with Crippen LogP contribution in [0.5, 0.6) is 11.5 Å². The lowest BCUT2D eigenvalue weighted by Gasteiger charge is -2.11. The summed E-state index contributed by atoms with van der Waals surface area (Å²) in [5.74, 6) is 0.507. The molecule has 120 valence electrons. The van der Waals surface area contributed by atoms with Crippen LogP contribution in [0.1, 0.15) is 15.9 Å². The van der Waals surface area contributed by atoms with Crippen molar-refractivity contribution >= 4 is 33.8 Å². The van der Waals surface area contributed by atoms with E-state index in [1.54, 1.807) is 18.2 Å². The number of ether oxygens (including phenoxy) is 2. The second kappa shape index (κ2) is 7.78. The molecule has 0 atom stereocenters. The highest BCUT2D eigenvalue weighted by Gasteiger charge is 2.09. The Labute approximate surface area is 142 Å². The number of aryl methyl sites for hydroxylation is 1. The van der Waals surface area contributed by atoms with Crippen molar-refractivity contribution in [2.45, 2.75) is 6.92 Å². The highest BCUT2D eigenvalue weighted by atomic mass is 79.9. The lowest BCUT2D eigenvalue weighted by Crippen LogP contribution is -2.20. The molecule has 2 rings (SSSR count). The predicted molar refractivity (Wildman–Crippen MR) is 91.4 cm³/mol. The molecule has 6 heteroatoms. The first-order chi connectivity index (χ1) is 11.0. The van der Waals surface area contributed by atoms with Gasteiger partial charge in [-0.1, -0.05) is 15.9 Å². The van der Waals surface area contributed by atoms with Gasteiger partial charge in [0.25, 0.3) is 5.91 Å². The highest BCUT2D eigenvalue weighted by Crippen LogP contribution is 2.27. The summed E-state index contributed by atoms with van der Waals surface area (Å²) in [6, 6.07) is 10.3. The number of rotatable bonds is 6. The molecule has 0 saturated heterocycles. The minimum atomic E-state index is -0.301. The fourth-order valence-electron chi connectivity index (χ4n) is 1.94. The van der Waals surface area contributed by atoms with Gasteiger partial charge in [0.1, 0.15) is 6.29 Å². The van der Waals surface area contributed by atoms with E-state index in [1.165, 1.54) is 13.2 Å². The molecule has 0 heterocycles. The summed E-state index contributed by atoms with van der Waals surface area (Å²) in [4.78, 5) is 22.8. The molecule has 0 aliphatic carbocycles. The zero-order valence-corrected chi connectivity index (χ0v) is 14.3. The van der Waals surface area contributed by atoms with Crippen molar-refractivity contribution in [3.63, 3.8) is 0 Å². The molecule has 2 aromatic carbocycles. The molecule has 0 aliphatic rings. The molecular formula is C17H16BrNO4. The molecule has 0 fully saturated rings. The Kier molecular flexibility index (Phi) is 5.76. The largest absolute Gasteiger partial charge is 0.493 e. The number of methoxy groups -OCH3 is 1. The molecule has 2 aromatic rings. The molecular weight excluding hydrogens is 362 g/mol. The van der Waals surface area contributed by atoms with Crippen molar-refractivity contribution in [1.82, 2.24) is 0 Å². The van der Waals surface area contributed by atoms with Crippen LogP contribution in [0.3, 0.4) is 0 Å². The van der Waals surface area contributed by atoms with Crippen LogP contribution in [0.4, 0.5) is 5.69 Å². The van der Waals surface area contributed by atoms with Gasteiger partial charge in [0, 0.05) is 15.7 Å². The molecule has 0 radical (unpaired) electrons. The fourth-order valence-corrected chi connectivity index (χ4v) is 2.19. The molecule has 23 heavy (non-hydrogen) atoms. The van der Waals surface area contributed by atoms with E-state index in [0.717, 1.165) is 10.0 Å². The van der Waals surface area contributed by atoms with Gasteiger partial charge in [-0.3, -0.25) is 9.59 Å². The van der Waals surface area contributed by atoms with E-state index in [2.05, 4.69) is 21.2 Å². The van der Waals surface area contributed by atoms with Crippen LogP contribution in [0.15, 0.2) is 40.9 Å². The Bertz CT molecular complexity index is 731. The summed E-state index contributed by atoms with van der Waals surface area (Å²) < 4.78 is 11.6.